The first-order valence-corrected chi connectivity index (χ1v) is 7.59. The summed E-state index contributed by atoms with van der Waals surface area (Å²) in [6, 6.07) is 11.1. The van der Waals surface area contributed by atoms with Crippen LogP contribution in [0.3, 0.4) is 0 Å². The maximum atomic E-state index is 3.92. The molecule has 1 aromatic rings. The fraction of sp³-hybridized carbons (Fsp3) is 0.647. The Hall–Kier alpha value is -0.820. The molecule has 1 unspecified atom stereocenters. The van der Waals surface area contributed by atoms with Gasteiger partial charge in [-0.05, 0) is 56.6 Å². The Morgan fingerprint density at radius 2 is 1.72 bits per heavy atom. The lowest BCUT2D eigenvalue weighted by Gasteiger charge is -2.38. The van der Waals surface area contributed by atoms with Crippen LogP contribution in [0.5, 0.6) is 0 Å². The van der Waals surface area contributed by atoms with Crippen LogP contribution in [0.2, 0.25) is 0 Å². The van der Waals surface area contributed by atoms with Gasteiger partial charge in [-0.3, -0.25) is 0 Å². The molecule has 0 radical (unpaired) electrons. The minimum atomic E-state index is 0.195. The second kappa shape index (κ2) is 5.05. The molecule has 0 bridgehead atoms. The highest BCUT2D eigenvalue weighted by atomic mass is 15.0. The standard InChI is InChI=1S/C17H25N/c1-17(16-9-5-6-10-16,18-13-14-11-12-14)15-7-3-2-4-8-15/h2-4,7-8,14,16,18H,5-6,9-13H2,1H3. The first kappa shape index (κ1) is 12.2. The average Bonchev–Trinajstić information content (AvgIpc) is 3.08. The molecule has 98 valence electrons. The van der Waals surface area contributed by atoms with E-state index in [1.54, 1.807) is 0 Å². The predicted molar refractivity (Wildman–Crippen MR) is 76.5 cm³/mol. The second-order valence-electron chi connectivity index (χ2n) is 6.37. The van der Waals surface area contributed by atoms with Gasteiger partial charge in [0.05, 0.1) is 0 Å². The van der Waals surface area contributed by atoms with Gasteiger partial charge in [0, 0.05) is 5.54 Å². The van der Waals surface area contributed by atoms with Crippen LogP contribution in [-0.2, 0) is 5.54 Å². The van der Waals surface area contributed by atoms with Crippen LogP contribution in [0.25, 0.3) is 0 Å². The third-order valence-corrected chi connectivity index (χ3v) is 5.00. The SMILES string of the molecule is CC(NCC1CC1)(c1ccccc1)C1CCCC1. The van der Waals surface area contributed by atoms with Crippen molar-refractivity contribution in [1.29, 1.82) is 0 Å². The Labute approximate surface area is 111 Å². The van der Waals surface area contributed by atoms with Gasteiger partial charge in [0.25, 0.3) is 0 Å². The molecule has 1 heteroatoms. The number of nitrogens with one attached hydrogen (secondary N) is 1. The molecular weight excluding hydrogens is 218 g/mol. The van der Waals surface area contributed by atoms with Crippen molar-refractivity contribution in [2.24, 2.45) is 11.8 Å². The van der Waals surface area contributed by atoms with E-state index in [-0.39, 0.29) is 5.54 Å². The molecule has 0 aliphatic heterocycles. The Bertz CT molecular complexity index is 376. The summed E-state index contributed by atoms with van der Waals surface area (Å²) in [5.41, 5.74) is 1.68. The number of rotatable bonds is 5. The van der Waals surface area contributed by atoms with E-state index < -0.39 is 0 Å². The Morgan fingerprint density at radius 3 is 2.33 bits per heavy atom. The zero-order valence-corrected chi connectivity index (χ0v) is 11.5. The molecule has 1 N–H and O–H groups in total. The Kier molecular flexibility index (Phi) is 3.43. The minimum absolute atomic E-state index is 0.195. The first-order valence-electron chi connectivity index (χ1n) is 7.59. The molecule has 2 fully saturated rings. The molecule has 2 saturated carbocycles. The van der Waals surface area contributed by atoms with Crippen LogP contribution < -0.4 is 5.32 Å². The topological polar surface area (TPSA) is 12.0 Å². The zero-order valence-electron chi connectivity index (χ0n) is 11.5. The molecule has 3 rings (SSSR count). The molecule has 2 aliphatic rings. The lowest BCUT2D eigenvalue weighted by molar-refractivity contribution is 0.232. The summed E-state index contributed by atoms with van der Waals surface area (Å²) < 4.78 is 0. The minimum Gasteiger partial charge on any atom is -0.307 e. The molecule has 0 saturated heterocycles. The van der Waals surface area contributed by atoms with Gasteiger partial charge in [-0.25, -0.2) is 0 Å². The van der Waals surface area contributed by atoms with E-state index in [4.69, 9.17) is 0 Å². The van der Waals surface area contributed by atoms with Crippen molar-refractivity contribution in [3.63, 3.8) is 0 Å². The van der Waals surface area contributed by atoms with Crippen LogP contribution in [0.1, 0.15) is 51.0 Å². The van der Waals surface area contributed by atoms with Gasteiger partial charge >= 0.3 is 0 Å². The Balaban J connectivity index is 1.80. The molecule has 1 aromatic carbocycles. The lowest BCUT2D eigenvalue weighted by atomic mass is 9.78. The summed E-state index contributed by atoms with van der Waals surface area (Å²) in [5.74, 6) is 1.77. The fourth-order valence-electron chi connectivity index (χ4n) is 3.45. The van der Waals surface area contributed by atoms with E-state index in [1.165, 1.54) is 50.6 Å². The number of hydrogen-bond donors (Lipinski definition) is 1. The quantitative estimate of drug-likeness (QED) is 0.821. The molecular formula is C17H25N. The van der Waals surface area contributed by atoms with Crippen LogP contribution in [0.15, 0.2) is 30.3 Å². The number of hydrogen-bond acceptors (Lipinski definition) is 1. The molecule has 0 amide bonds. The smallest absolute Gasteiger partial charge is 0.0434 e. The highest BCUT2D eigenvalue weighted by Crippen LogP contribution is 2.41. The third kappa shape index (κ3) is 2.47. The molecule has 2 aliphatic carbocycles. The summed E-state index contributed by atoms with van der Waals surface area (Å²) in [6.45, 7) is 3.64. The largest absolute Gasteiger partial charge is 0.307 e. The first-order chi connectivity index (χ1) is 8.79. The monoisotopic (exact) mass is 243 g/mol. The van der Waals surface area contributed by atoms with Crippen LogP contribution in [-0.4, -0.2) is 6.54 Å². The van der Waals surface area contributed by atoms with Gasteiger partial charge in [0.15, 0.2) is 0 Å². The number of benzene rings is 1. The van der Waals surface area contributed by atoms with E-state index >= 15 is 0 Å². The van der Waals surface area contributed by atoms with Gasteiger partial charge in [-0.15, -0.1) is 0 Å². The average molecular weight is 243 g/mol. The summed E-state index contributed by atoms with van der Waals surface area (Å²) in [4.78, 5) is 0. The van der Waals surface area contributed by atoms with E-state index in [1.807, 2.05) is 0 Å². The van der Waals surface area contributed by atoms with E-state index in [9.17, 15) is 0 Å². The zero-order chi connectivity index (χ0) is 12.4. The predicted octanol–water partition coefficient (Wildman–Crippen LogP) is 4.09. The molecule has 0 heterocycles. The van der Waals surface area contributed by atoms with Crippen molar-refractivity contribution in [2.75, 3.05) is 6.54 Å². The maximum absolute atomic E-state index is 3.92. The third-order valence-electron chi connectivity index (χ3n) is 5.00. The van der Waals surface area contributed by atoms with E-state index in [0.29, 0.717) is 0 Å². The highest BCUT2D eigenvalue weighted by molar-refractivity contribution is 5.25. The van der Waals surface area contributed by atoms with Gasteiger partial charge in [-0.2, -0.15) is 0 Å². The van der Waals surface area contributed by atoms with Crippen molar-refractivity contribution in [3.8, 4) is 0 Å². The van der Waals surface area contributed by atoms with Crippen molar-refractivity contribution in [3.05, 3.63) is 35.9 Å². The molecule has 1 atom stereocenters. The molecule has 18 heavy (non-hydrogen) atoms. The normalized spacial score (nSPS) is 24.1. The summed E-state index contributed by atoms with van der Waals surface area (Å²) in [7, 11) is 0. The van der Waals surface area contributed by atoms with Gasteiger partial charge < -0.3 is 5.32 Å². The Morgan fingerprint density at radius 1 is 1.06 bits per heavy atom. The summed E-state index contributed by atoms with van der Waals surface area (Å²) in [6.07, 6.45) is 8.48. The van der Waals surface area contributed by atoms with Gasteiger partial charge in [0.1, 0.15) is 0 Å². The van der Waals surface area contributed by atoms with Gasteiger partial charge in [0.2, 0.25) is 0 Å². The lowest BCUT2D eigenvalue weighted by Crippen LogP contribution is -2.46. The van der Waals surface area contributed by atoms with Crippen LogP contribution in [0, 0.1) is 11.8 Å². The fourth-order valence-corrected chi connectivity index (χ4v) is 3.45. The van der Waals surface area contributed by atoms with Gasteiger partial charge in [-0.1, -0.05) is 43.2 Å². The van der Waals surface area contributed by atoms with E-state index in [2.05, 4.69) is 42.6 Å². The molecule has 1 nitrogen and oxygen atoms in total. The summed E-state index contributed by atoms with van der Waals surface area (Å²) >= 11 is 0. The summed E-state index contributed by atoms with van der Waals surface area (Å²) in [5, 5.41) is 3.92. The van der Waals surface area contributed by atoms with Crippen molar-refractivity contribution >= 4 is 0 Å². The maximum Gasteiger partial charge on any atom is 0.0434 e. The highest BCUT2D eigenvalue weighted by Gasteiger charge is 2.38. The van der Waals surface area contributed by atoms with Crippen molar-refractivity contribution in [1.82, 2.24) is 5.32 Å². The van der Waals surface area contributed by atoms with Crippen LogP contribution in [0.4, 0.5) is 0 Å². The molecule has 0 spiro atoms. The molecule has 0 aromatic heterocycles. The van der Waals surface area contributed by atoms with Crippen molar-refractivity contribution in [2.45, 2.75) is 51.0 Å². The second-order valence-corrected chi connectivity index (χ2v) is 6.37. The van der Waals surface area contributed by atoms with Crippen molar-refractivity contribution < 1.29 is 0 Å². The van der Waals surface area contributed by atoms with Crippen LogP contribution >= 0.6 is 0 Å². The van der Waals surface area contributed by atoms with E-state index in [0.717, 1.165) is 11.8 Å².